The number of methoxy groups -OCH3 is 1. The molecule has 1 aromatic rings. The summed E-state index contributed by atoms with van der Waals surface area (Å²) in [6.45, 7) is 2.06. The van der Waals surface area contributed by atoms with Crippen LogP contribution < -0.4 is 5.32 Å². The van der Waals surface area contributed by atoms with Crippen LogP contribution in [0.3, 0.4) is 0 Å². The number of nitrogens with one attached hydrogen (secondary N) is 1. The molecule has 7 heteroatoms. The van der Waals surface area contributed by atoms with E-state index in [1.807, 2.05) is 0 Å². The van der Waals surface area contributed by atoms with E-state index in [-0.39, 0.29) is 19.1 Å². The molecule has 0 aliphatic carbocycles. The standard InChI is InChI=1S/C8H13N3O3S/c1-5-7(15-11-10-5)8(13)9-3-6(12)4-14-2/h6,12H,3-4H2,1-2H3,(H,9,13). The van der Waals surface area contributed by atoms with Gasteiger partial charge in [-0.3, -0.25) is 4.79 Å². The van der Waals surface area contributed by atoms with Gasteiger partial charge < -0.3 is 15.2 Å². The van der Waals surface area contributed by atoms with Gasteiger partial charge in [-0.05, 0) is 18.5 Å². The summed E-state index contributed by atoms with van der Waals surface area (Å²) in [5, 5.41) is 15.6. The van der Waals surface area contributed by atoms with E-state index in [0.29, 0.717) is 10.6 Å². The second kappa shape index (κ2) is 5.74. The first kappa shape index (κ1) is 12.0. The van der Waals surface area contributed by atoms with Gasteiger partial charge in [-0.1, -0.05) is 4.49 Å². The van der Waals surface area contributed by atoms with Crippen molar-refractivity contribution in [3.8, 4) is 0 Å². The highest BCUT2D eigenvalue weighted by Gasteiger charge is 2.13. The molecule has 2 N–H and O–H groups in total. The molecule has 1 heterocycles. The van der Waals surface area contributed by atoms with Crippen molar-refractivity contribution in [2.24, 2.45) is 0 Å². The van der Waals surface area contributed by atoms with Crippen LogP contribution in [-0.4, -0.2) is 47.0 Å². The lowest BCUT2D eigenvalue weighted by atomic mass is 10.3. The third-order valence-electron chi connectivity index (χ3n) is 1.72. The number of nitrogens with zero attached hydrogens (tertiary/aromatic N) is 2. The van der Waals surface area contributed by atoms with Gasteiger partial charge in [0.15, 0.2) is 0 Å². The van der Waals surface area contributed by atoms with E-state index in [1.165, 1.54) is 7.11 Å². The van der Waals surface area contributed by atoms with Crippen molar-refractivity contribution >= 4 is 17.4 Å². The van der Waals surface area contributed by atoms with Gasteiger partial charge in [0.1, 0.15) is 4.88 Å². The molecule has 1 rings (SSSR count). The van der Waals surface area contributed by atoms with Gasteiger partial charge in [0, 0.05) is 13.7 Å². The molecule has 0 spiro atoms. The number of carbonyl (C=O) groups is 1. The molecule has 0 aromatic carbocycles. The number of aryl methyl sites for hydroxylation is 1. The van der Waals surface area contributed by atoms with Crippen LogP contribution in [-0.2, 0) is 4.74 Å². The molecule has 6 nitrogen and oxygen atoms in total. The van der Waals surface area contributed by atoms with Crippen LogP contribution >= 0.6 is 11.5 Å². The molecule has 1 atom stereocenters. The number of aliphatic hydroxyl groups excluding tert-OH is 1. The maximum Gasteiger partial charge on any atom is 0.265 e. The Morgan fingerprint density at radius 3 is 3.00 bits per heavy atom. The van der Waals surface area contributed by atoms with Crippen LogP contribution in [0.5, 0.6) is 0 Å². The highest BCUT2D eigenvalue weighted by Crippen LogP contribution is 2.08. The zero-order valence-corrected chi connectivity index (χ0v) is 9.37. The SMILES string of the molecule is COCC(O)CNC(=O)c1snnc1C. The summed E-state index contributed by atoms with van der Waals surface area (Å²) in [5.41, 5.74) is 0.596. The van der Waals surface area contributed by atoms with Crippen LogP contribution in [0, 0.1) is 6.92 Å². The summed E-state index contributed by atoms with van der Waals surface area (Å²) in [6.07, 6.45) is -0.694. The predicted octanol–water partition coefficient (Wildman–Crippen LogP) is -0.416. The Bertz CT molecular complexity index is 329. The fourth-order valence-corrected chi connectivity index (χ4v) is 1.55. The summed E-state index contributed by atoms with van der Waals surface area (Å²) >= 11 is 1.04. The van der Waals surface area contributed by atoms with Crippen molar-refractivity contribution in [3.05, 3.63) is 10.6 Å². The molecule has 0 aliphatic rings. The lowest BCUT2D eigenvalue weighted by Crippen LogP contribution is -2.34. The normalized spacial score (nSPS) is 12.5. The zero-order chi connectivity index (χ0) is 11.3. The third-order valence-corrected chi connectivity index (χ3v) is 2.54. The van der Waals surface area contributed by atoms with Crippen LogP contribution in [0.4, 0.5) is 0 Å². The Morgan fingerprint density at radius 1 is 1.73 bits per heavy atom. The lowest BCUT2D eigenvalue weighted by Gasteiger charge is -2.09. The van der Waals surface area contributed by atoms with Crippen molar-refractivity contribution in [2.45, 2.75) is 13.0 Å². The number of ether oxygens (including phenoxy) is 1. The second-order valence-electron chi connectivity index (χ2n) is 3.01. The fourth-order valence-electron chi connectivity index (χ4n) is 0.982. The van der Waals surface area contributed by atoms with Crippen molar-refractivity contribution in [1.29, 1.82) is 0 Å². The molecule has 15 heavy (non-hydrogen) atoms. The number of rotatable bonds is 5. The van der Waals surface area contributed by atoms with Crippen LogP contribution in [0.15, 0.2) is 0 Å². The Kier molecular flexibility index (Phi) is 4.60. The minimum absolute atomic E-state index is 0.157. The maximum atomic E-state index is 11.5. The average Bonchev–Trinajstić information content (AvgIpc) is 2.61. The molecule has 0 radical (unpaired) electrons. The fraction of sp³-hybridized carbons (Fsp3) is 0.625. The average molecular weight is 231 g/mol. The van der Waals surface area contributed by atoms with Gasteiger partial charge in [0.05, 0.1) is 18.4 Å². The Morgan fingerprint density at radius 2 is 2.47 bits per heavy atom. The summed E-state index contributed by atoms with van der Waals surface area (Å²) in [6, 6.07) is 0. The molecule has 1 amide bonds. The molecule has 0 saturated carbocycles. The largest absolute Gasteiger partial charge is 0.389 e. The number of aromatic nitrogens is 2. The van der Waals surface area contributed by atoms with Crippen molar-refractivity contribution in [2.75, 3.05) is 20.3 Å². The van der Waals surface area contributed by atoms with Crippen molar-refractivity contribution < 1.29 is 14.6 Å². The van der Waals surface area contributed by atoms with E-state index in [2.05, 4.69) is 14.9 Å². The first-order valence-corrected chi connectivity index (χ1v) is 5.16. The van der Waals surface area contributed by atoms with Gasteiger partial charge >= 0.3 is 0 Å². The van der Waals surface area contributed by atoms with Gasteiger partial charge in [-0.15, -0.1) is 5.10 Å². The van der Waals surface area contributed by atoms with Crippen LogP contribution in [0.1, 0.15) is 15.4 Å². The Hall–Kier alpha value is -1.05. The van der Waals surface area contributed by atoms with Crippen molar-refractivity contribution in [3.63, 3.8) is 0 Å². The number of aliphatic hydroxyl groups is 1. The predicted molar refractivity (Wildman–Crippen MR) is 54.9 cm³/mol. The van der Waals surface area contributed by atoms with Gasteiger partial charge in [0.2, 0.25) is 0 Å². The first-order chi connectivity index (χ1) is 7.15. The quantitative estimate of drug-likeness (QED) is 0.719. The minimum Gasteiger partial charge on any atom is -0.389 e. The highest BCUT2D eigenvalue weighted by molar-refractivity contribution is 7.07. The molecule has 1 unspecified atom stereocenters. The summed E-state index contributed by atoms with van der Waals surface area (Å²) in [4.78, 5) is 12.0. The number of amides is 1. The van der Waals surface area contributed by atoms with Crippen molar-refractivity contribution in [1.82, 2.24) is 14.9 Å². The lowest BCUT2D eigenvalue weighted by molar-refractivity contribution is 0.0610. The van der Waals surface area contributed by atoms with E-state index in [9.17, 15) is 9.90 Å². The summed E-state index contributed by atoms with van der Waals surface area (Å²) < 4.78 is 8.38. The monoisotopic (exact) mass is 231 g/mol. The minimum atomic E-state index is -0.694. The van der Waals surface area contributed by atoms with E-state index in [0.717, 1.165) is 11.5 Å². The molecular formula is C8H13N3O3S. The number of hydrogen-bond acceptors (Lipinski definition) is 6. The summed E-state index contributed by atoms with van der Waals surface area (Å²) in [5.74, 6) is -0.266. The smallest absolute Gasteiger partial charge is 0.265 e. The third kappa shape index (κ3) is 3.54. The Labute approximate surface area is 91.4 Å². The number of carbonyl (C=O) groups excluding carboxylic acids is 1. The molecule has 0 aliphatic heterocycles. The van der Waals surface area contributed by atoms with E-state index >= 15 is 0 Å². The van der Waals surface area contributed by atoms with Gasteiger partial charge in [-0.2, -0.15) is 0 Å². The first-order valence-electron chi connectivity index (χ1n) is 4.39. The van der Waals surface area contributed by atoms with E-state index in [1.54, 1.807) is 6.92 Å². The topological polar surface area (TPSA) is 84.3 Å². The van der Waals surface area contributed by atoms with Crippen LogP contribution in [0.25, 0.3) is 0 Å². The molecule has 0 saturated heterocycles. The van der Waals surface area contributed by atoms with E-state index in [4.69, 9.17) is 4.74 Å². The highest BCUT2D eigenvalue weighted by atomic mass is 32.1. The Balaban J connectivity index is 2.40. The number of hydrogen-bond donors (Lipinski definition) is 2. The molecule has 0 fully saturated rings. The van der Waals surface area contributed by atoms with E-state index < -0.39 is 6.10 Å². The van der Waals surface area contributed by atoms with Gasteiger partial charge in [-0.25, -0.2) is 0 Å². The van der Waals surface area contributed by atoms with Crippen LogP contribution in [0.2, 0.25) is 0 Å². The zero-order valence-electron chi connectivity index (χ0n) is 8.56. The molecule has 0 bridgehead atoms. The molecular weight excluding hydrogens is 218 g/mol. The molecule has 84 valence electrons. The molecule has 1 aromatic heterocycles. The van der Waals surface area contributed by atoms with Gasteiger partial charge in [0.25, 0.3) is 5.91 Å². The summed E-state index contributed by atoms with van der Waals surface area (Å²) in [7, 11) is 1.49. The second-order valence-corrected chi connectivity index (χ2v) is 3.76. The maximum absolute atomic E-state index is 11.5.